The predicted molar refractivity (Wildman–Crippen MR) is 165 cm³/mol. The van der Waals surface area contributed by atoms with Crippen LogP contribution in [-0.2, 0) is 6.54 Å². The van der Waals surface area contributed by atoms with Gasteiger partial charge in [0.1, 0.15) is 0 Å². The van der Waals surface area contributed by atoms with Crippen molar-refractivity contribution in [2.45, 2.75) is 19.4 Å². The highest BCUT2D eigenvalue weighted by molar-refractivity contribution is 6.09. The molecule has 0 aliphatic carbocycles. The molecule has 4 rings (SSSR count). The molecule has 2 aromatic carbocycles. The highest BCUT2D eigenvalue weighted by Gasteiger charge is 2.15. The van der Waals surface area contributed by atoms with Crippen molar-refractivity contribution in [2.24, 2.45) is 16.7 Å². The molecule has 0 unspecified atom stereocenters. The summed E-state index contributed by atoms with van der Waals surface area (Å²) in [6, 6.07) is 9.64. The third-order valence-corrected chi connectivity index (χ3v) is 6.20. The number of fused-ring (bicyclic) bond motifs is 1. The Balaban J connectivity index is 1.22. The summed E-state index contributed by atoms with van der Waals surface area (Å²) in [4.78, 5) is 41.8. The maximum atomic E-state index is 12.7. The van der Waals surface area contributed by atoms with E-state index in [9.17, 15) is 9.59 Å². The number of amides is 2. The SMILES string of the molecule is NN/N=C(\N)c1cc(N)ccc1C(=O)NCCCCNC(=O)c1ccc(NCc2cnc3nc(N)nc(N)c3n2)c(N)c1. The lowest BCUT2D eigenvalue weighted by Gasteiger charge is -2.12. The van der Waals surface area contributed by atoms with Gasteiger partial charge in [-0.25, -0.2) is 21.3 Å². The van der Waals surface area contributed by atoms with Crippen LogP contribution in [0.1, 0.15) is 44.8 Å². The van der Waals surface area contributed by atoms with Crippen LogP contribution in [0.25, 0.3) is 11.2 Å². The quantitative estimate of drug-likeness (QED) is 0.0247. The summed E-state index contributed by atoms with van der Waals surface area (Å²) in [5.41, 5.74) is 35.2. The van der Waals surface area contributed by atoms with E-state index in [1.165, 1.54) is 0 Å². The summed E-state index contributed by atoms with van der Waals surface area (Å²) in [5.74, 6) is 4.76. The lowest BCUT2D eigenvalue weighted by atomic mass is 10.0. The molecule has 17 heteroatoms. The largest absolute Gasteiger partial charge is 0.399 e. The first-order chi connectivity index (χ1) is 20.7. The number of carbonyl (C=O) groups excluding carboxylic acids is 2. The summed E-state index contributed by atoms with van der Waals surface area (Å²) in [5, 5.41) is 12.5. The van der Waals surface area contributed by atoms with Gasteiger partial charge in [-0.15, -0.1) is 5.10 Å². The second kappa shape index (κ2) is 13.6. The van der Waals surface area contributed by atoms with Crippen LogP contribution >= 0.6 is 0 Å². The number of rotatable bonds is 12. The lowest BCUT2D eigenvalue weighted by Crippen LogP contribution is -2.30. The summed E-state index contributed by atoms with van der Waals surface area (Å²) < 4.78 is 0. The van der Waals surface area contributed by atoms with Crippen molar-refractivity contribution in [1.29, 1.82) is 0 Å². The Labute approximate surface area is 245 Å². The Kier molecular flexibility index (Phi) is 9.48. The first kappa shape index (κ1) is 30.0. The van der Waals surface area contributed by atoms with Crippen LogP contribution in [0.5, 0.6) is 0 Å². The zero-order chi connectivity index (χ0) is 30.9. The van der Waals surface area contributed by atoms with Gasteiger partial charge in [0.15, 0.2) is 22.8 Å². The molecule has 0 atom stereocenters. The van der Waals surface area contributed by atoms with Gasteiger partial charge in [-0.2, -0.15) is 9.97 Å². The van der Waals surface area contributed by atoms with Gasteiger partial charge in [0.2, 0.25) is 5.95 Å². The average Bonchev–Trinajstić information content (AvgIpc) is 2.98. The van der Waals surface area contributed by atoms with Crippen molar-refractivity contribution < 1.29 is 9.59 Å². The first-order valence-electron chi connectivity index (χ1n) is 13.1. The molecule has 0 aliphatic rings. The number of benzene rings is 2. The van der Waals surface area contributed by atoms with Gasteiger partial charge in [0.05, 0.1) is 35.4 Å². The third-order valence-electron chi connectivity index (χ3n) is 6.20. The number of hydrogen-bond acceptors (Lipinski definition) is 14. The molecule has 0 bridgehead atoms. The standard InChI is InChI=1S/C26H33N15O2/c27-14-4-5-16(17(10-14)21(29)40-41-32)25(43)34-8-2-1-7-33-24(42)13-3-6-19(18(28)9-13)35-11-15-12-36-23-20(37-15)22(30)38-26(31)39-23/h3-6,9-10,12,35,41H,1-2,7-8,11,27-28,32H2,(H2,29,40)(H,33,42)(H,34,43)(H4,30,31,36,38,39). The van der Waals surface area contributed by atoms with E-state index < -0.39 is 0 Å². The van der Waals surface area contributed by atoms with Crippen LogP contribution in [0.15, 0.2) is 47.7 Å². The minimum absolute atomic E-state index is 0.0229. The smallest absolute Gasteiger partial charge is 0.252 e. The highest BCUT2D eigenvalue weighted by atomic mass is 16.2. The molecule has 2 heterocycles. The van der Waals surface area contributed by atoms with Gasteiger partial charge in [-0.05, 0) is 49.2 Å². The van der Waals surface area contributed by atoms with Gasteiger partial charge in [0.25, 0.3) is 11.8 Å². The van der Waals surface area contributed by atoms with E-state index in [-0.39, 0.29) is 29.4 Å². The Morgan fingerprint density at radius 1 is 0.860 bits per heavy atom. The monoisotopic (exact) mass is 587 g/mol. The maximum absolute atomic E-state index is 12.7. The van der Waals surface area contributed by atoms with Crippen molar-refractivity contribution in [3.63, 3.8) is 0 Å². The number of aromatic nitrogens is 4. The number of hydrazone groups is 1. The zero-order valence-electron chi connectivity index (χ0n) is 23.1. The van der Waals surface area contributed by atoms with Crippen molar-refractivity contribution in [1.82, 2.24) is 36.1 Å². The number of hydrogen-bond donors (Lipinski definition) is 10. The first-order valence-corrected chi connectivity index (χ1v) is 13.1. The van der Waals surface area contributed by atoms with E-state index in [0.717, 1.165) is 0 Å². The number of nitrogens with one attached hydrogen (secondary N) is 4. The number of unbranched alkanes of at least 4 members (excludes halogenated alkanes) is 1. The second-order valence-corrected chi connectivity index (χ2v) is 9.31. The molecule has 224 valence electrons. The van der Waals surface area contributed by atoms with E-state index in [0.29, 0.717) is 83.1 Å². The number of nitrogens with zero attached hydrogens (tertiary/aromatic N) is 5. The molecule has 2 amide bonds. The number of carbonyl (C=O) groups is 2. The fourth-order valence-corrected chi connectivity index (χ4v) is 4.07. The molecule has 0 saturated carbocycles. The van der Waals surface area contributed by atoms with Gasteiger partial charge in [-0.1, -0.05) is 0 Å². The molecule has 0 spiro atoms. The van der Waals surface area contributed by atoms with Crippen molar-refractivity contribution in [3.05, 3.63) is 65.0 Å². The van der Waals surface area contributed by atoms with Crippen LogP contribution < -0.4 is 56.0 Å². The van der Waals surface area contributed by atoms with Gasteiger partial charge < -0.3 is 44.6 Å². The normalized spacial score (nSPS) is 11.2. The van der Waals surface area contributed by atoms with E-state index in [4.69, 9.17) is 34.5 Å². The molecule has 0 aliphatic heterocycles. The van der Waals surface area contributed by atoms with Crippen LogP contribution in [-0.4, -0.2) is 50.7 Å². The zero-order valence-corrected chi connectivity index (χ0v) is 23.1. The van der Waals surface area contributed by atoms with Crippen LogP contribution in [0.3, 0.4) is 0 Å². The minimum atomic E-state index is -0.339. The Morgan fingerprint density at radius 3 is 2.33 bits per heavy atom. The number of amidine groups is 1. The molecule has 0 fully saturated rings. The molecule has 16 N–H and O–H groups in total. The highest BCUT2D eigenvalue weighted by Crippen LogP contribution is 2.21. The summed E-state index contributed by atoms with van der Waals surface area (Å²) in [6.07, 6.45) is 2.80. The number of nitrogen functional groups attached to an aromatic ring is 4. The molecule has 2 aromatic heterocycles. The number of nitrogens with two attached hydrogens (primary N) is 6. The van der Waals surface area contributed by atoms with Crippen molar-refractivity contribution in [3.8, 4) is 0 Å². The lowest BCUT2D eigenvalue weighted by molar-refractivity contribution is 0.0939. The second-order valence-electron chi connectivity index (χ2n) is 9.31. The van der Waals surface area contributed by atoms with Crippen LogP contribution in [0.4, 0.5) is 28.8 Å². The number of anilines is 5. The fourth-order valence-electron chi connectivity index (χ4n) is 4.07. The van der Waals surface area contributed by atoms with E-state index in [2.05, 4.69) is 46.5 Å². The van der Waals surface area contributed by atoms with E-state index >= 15 is 0 Å². The molecular formula is C26H33N15O2. The van der Waals surface area contributed by atoms with Crippen molar-refractivity contribution in [2.75, 3.05) is 41.3 Å². The topological polar surface area (TPSA) is 302 Å². The third kappa shape index (κ3) is 7.61. The Bertz CT molecular complexity index is 1670. The van der Waals surface area contributed by atoms with Gasteiger partial charge >= 0.3 is 0 Å². The van der Waals surface area contributed by atoms with Gasteiger partial charge in [-0.3, -0.25) is 9.59 Å². The molecule has 17 nitrogen and oxygen atoms in total. The van der Waals surface area contributed by atoms with E-state index in [1.54, 1.807) is 42.6 Å². The molecular weight excluding hydrogens is 554 g/mol. The summed E-state index contributed by atoms with van der Waals surface area (Å²) >= 11 is 0. The maximum Gasteiger partial charge on any atom is 0.252 e. The summed E-state index contributed by atoms with van der Waals surface area (Å²) in [6.45, 7) is 1.08. The Morgan fingerprint density at radius 2 is 1.60 bits per heavy atom. The molecule has 0 saturated heterocycles. The Hall–Kier alpha value is -5.97. The molecule has 4 aromatic rings. The predicted octanol–water partition coefficient (Wildman–Crippen LogP) is -0.616. The van der Waals surface area contributed by atoms with Crippen LogP contribution in [0, 0.1) is 0 Å². The number of hydrazine groups is 1. The minimum Gasteiger partial charge on any atom is -0.399 e. The van der Waals surface area contributed by atoms with Gasteiger partial charge in [0, 0.05) is 29.9 Å². The molecule has 43 heavy (non-hydrogen) atoms. The van der Waals surface area contributed by atoms with Crippen molar-refractivity contribution >= 4 is 57.6 Å². The van der Waals surface area contributed by atoms with Crippen LogP contribution in [0.2, 0.25) is 0 Å². The van der Waals surface area contributed by atoms with E-state index in [1.807, 2.05) is 0 Å². The fraction of sp³-hybridized carbons (Fsp3) is 0.192. The molecule has 0 radical (unpaired) electrons. The summed E-state index contributed by atoms with van der Waals surface area (Å²) in [7, 11) is 0. The average molecular weight is 588 g/mol.